The lowest BCUT2D eigenvalue weighted by Crippen LogP contribution is -1.92. The van der Waals surface area contributed by atoms with Gasteiger partial charge in [-0.3, -0.25) is 4.68 Å². The Morgan fingerprint density at radius 1 is 1.33 bits per heavy atom. The van der Waals surface area contributed by atoms with Crippen LogP contribution < -0.4 is 5.32 Å². The summed E-state index contributed by atoms with van der Waals surface area (Å²) in [6.45, 7) is 1.94. The van der Waals surface area contributed by atoms with Crippen LogP contribution in [0.4, 0.5) is 5.69 Å². The molecule has 0 bridgehead atoms. The van der Waals surface area contributed by atoms with E-state index >= 15 is 0 Å². The quantitative estimate of drug-likeness (QED) is 0.808. The molecule has 2 rings (SSSR count). The van der Waals surface area contributed by atoms with Crippen molar-refractivity contribution in [3.63, 3.8) is 0 Å². The molecule has 1 aromatic heterocycles. The van der Waals surface area contributed by atoms with Crippen molar-refractivity contribution in [2.24, 2.45) is 7.05 Å². The molecule has 0 fully saturated rings. The van der Waals surface area contributed by atoms with Gasteiger partial charge in [-0.1, -0.05) is 12.1 Å². The average molecular weight is 202 g/mol. The third-order valence-electron chi connectivity index (χ3n) is 2.39. The van der Waals surface area contributed by atoms with Crippen molar-refractivity contribution < 1.29 is 0 Å². The second kappa shape index (κ2) is 3.73. The second-order valence-electron chi connectivity index (χ2n) is 3.44. The number of nitrogens with zero attached hydrogens (tertiary/aromatic N) is 3. The van der Waals surface area contributed by atoms with E-state index in [2.05, 4.69) is 15.4 Å². The van der Waals surface area contributed by atoms with Crippen molar-refractivity contribution in [1.82, 2.24) is 14.8 Å². The topological polar surface area (TPSA) is 42.7 Å². The van der Waals surface area contributed by atoms with E-state index in [4.69, 9.17) is 0 Å². The van der Waals surface area contributed by atoms with Gasteiger partial charge >= 0.3 is 0 Å². The Labute approximate surface area is 89.0 Å². The summed E-state index contributed by atoms with van der Waals surface area (Å²) in [4.78, 5) is 4.38. The fraction of sp³-hybridized carbons (Fsp3) is 0.273. The molecule has 2 aromatic rings. The van der Waals surface area contributed by atoms with Gasteiger partial charge in [-0.25, -0.2) is 4.98 Å². The van der Waals surface area contributed by atoms with Gasteiger partial charge in [-0.2, -0.15) is 5.10 Å². The van der Waals surface area contributed by atoms with Crippen LogP contribution in [0.1, 0.15) is 5.82 Å². The third kappa shape index (κ3) is 1.83. The van der Waals surface area contributed by atoms with Gasteiger partial charge in [0.05, 0.1) is 0 Å². The molecule has 4 heteroatoms. The minimum atomic E-state index is 0.770. The summed E-state index contributed by atoms with van der Waals surface area (Å²) in [7, 11) is 3.80. The van der Waals surface area contributed by atoms with E-state index in [0.29, 0.717) is 0 Å². The summed E-state index contributed by atoms with van der Waals surface area (Å²) >= 11 is 0. The first-order chi connectivity index (χ1) is 7.20. The third-order valence-corrected chi connectivity index (χ3v) is 2.39. The lowest BCUT2D eigenvalue weighted by atomic mass is 10.2. The van der Waals surface area contributed by atoms with Gasteiger partial charge in [0.15, 0.2) is 5.82 Å². The van der Waals surface area contributed by atoms with Crippen LogP contribution in [0.5, 0.6) is 0 Å². The highest BCUT2D eigenvalue weighted by Gasteiger charge is 2.05. The number of aryl methyl sites for hydroxylation is 2. The van der Waals surface area contributed by atoms with E-state index in [1.165, 1.54) is 0 Å². The first-order valence-electron chi connectivity index (χ1n) is 4.86. The Balaban J connectivity index is 2.44. The molecular weight excluding hydrogens is 188 g/mol. The maximum atomic E-state index is 4.38. The van der Waals surface area contributed by atoms with E-state index in [0.717, 1.165) is 22.9 Å². The molecule has 0 spiro atoms. The molecular formula is C11H14N4. The van der Waals surface area contributed by atoms with E-state index in [9.17, 15) is 0 Å². The largest absolute Gasteiger partial charge is 0.388 e. The molecule has 0 radical (unpaired) electrons. The summed E-state index contributed by atoms with van der Waals surface area (Å²) in [6, 6.07) is 8.05. The van der Waals surface area contributed by atoms with Crippen LogP contribution in [0.2, 0.25) is 0 Å². The highest BCUT2D eigenvalue weighted by molar-refractivity contribution is 5.61. The van der Waals surface area contributed by atoms with Crippen LogP contribution in [-0.2, 0) is 7.05 Å². The smallest absolute Gasteiger partial charge is 0.181 e. The number of nitrogens with one attached hydrogen (secondary N) is 1. The number of rotatable bonds is 2. The maximum absolute atomic E-state index is 4.38. The first kappa shape index (κ1) is 9.71. The number of benzene rings is 1. The Morgan fingerprint density at radius 2 is 2.13 bits per heavy atom. The molecule has 0 aliphatic rings. The van der Waals surface area contributed by atoms with E-state index in [1.807, 2.05) is 45.3 Å². The Hall–Kier alpha value is -1.84. The minimum Gasteiger partial charge on any atom is -0.388 e. The van der Waals surface area contributed by atoms with Gasteiger partial charge in [0.1, 0.15) is 5.82 Å². The highest BCUT2D eigenvalue weighted by Crippen LogP contribution is 2.19. The molecule has 0 aliphatic carbocycles. The second-order valence-corrected chi connectivity index (χ2v) is 3.44. The van der Waals surface area contributed by atoms with E-state index < -0.39 is 0 Å². The van der Waals surface area contributed by atoms with Crippen LogP contribution >= 0.6 is 0 Å². The van der Waals surface area contributed by atoms with Crippen molar-refractivity contribution in [2.75, 3.05) is 12.4 Å². The van der Waals surface area contributed by atoms with Crippen LogP contribution in [0.3, 0.4) is 0 Å². The number of hydrogen-bond donors (Lipinski definition) is 1. The lowest BCUT2D eigenvalue weighted by Gasteiger charge is -2.00. The van der Waals surface area contributed by atoms with Crippen LogP contribution in [0.25, 0.3) is 11.4 Å². The Morgan fingerprint density at radius 3 is 2.73 bits per heavy atom. The molecule has 1 heterocycles. The van der Waals surface area contributed by atoms with Crippen molar-refractivity contribution in [3.8, 4) is 11.4 Å². The predicted octanol–water partition coefficient (Wildman–Crippen LogP) is 1.83. The van der Waals surface area contributed by atoms with Gasteiger partial charge in [0.2, 0.25) is 0 Å². The van der Waals surface area contributed by atoms with Crippen molar-refractivity contribution in [1.29, 1.82) is 0 Å². The molecule has 0 saturated carbocycles. The molecule has 0 unspecified atom stereocenters. The standard InChI is InChI=1S/C11H14N4/c1-8-13-11(14-15(8)3)9-5-4-6-10(7-9)12-2/h4-7,12H,1-3H3. The lowest BCUT2D eigenvalue weighted by molar-refractivity contribution is 0.736. The van der Waals surface area contributed by atoms with Gasteiger partial charge in [0, 0.05) is 25.3 Å². The molecule has 15 heavy (non-hydrogen) atoms. The Kier molecular flexibility index (Phi) is 2.41. The van der Waals surface area contributed by atoms with Crippen LogP contribution in [0, 0.1) is 6.92 Å². The van der Waals surface area contributed by atoms with Crippen LogP contribution in [-0.4, -0.2) is 21.8 Å². The molecule has 1 N–H and O–H groups in total. The zero-order chi connectivity index (χ0) is 10.8. The molecule has 0 saturated heterocycles. The summed E-state index contributed by atoms with van der Waals surface area (Å²) < 4.78 is 1.78. The van der Waals surface area contributed by atoms with Gasteiger partial charge in [-0.05, 0) is 19.1 Å². The predicted molar refractivity (Wildman–Crippen MR) is 60.7 cm³/mol. The molecule has 78 valence electrons. The summed E-state index contributed by atoms with van der Waals surface area (Å²) in [5, 5.41) is 7.43. The van der Waals surface area contributed by atoms with Crippen molar-refractivity contribution >= 4 is 5.69 Å². The van der Waals surface area contributed by atoms with E-state index in [1.54, 1.807) is 4.68 Å². The summed E-state index contributed by atoms with van der Waals surface area (Å²) in [5.41, 5.74) is 2.10. The number of anilines is 1. The molecule has 0 atom stereocenters. The zero-order valence-corrected chi connectivity index (χ0v) is 9.15. The normalized spacial score (nSPS) is 10.3. The van der Waals surface area contributed by atoms with Gasteiger partial charge < -0.3 is 5.32 Å². The molecule has 0 amide bonds. The van der Waals surface area contributed by atoms with Crippen molar-refractivity contribution in [2.45, 2.75) is 6.92 Å². The first-order valence-corrected chi connectivity index (χ1v) is 4.86. The average Bonchev–Trinajstić information content (AvgIpc) is 2.59. The van der Waals surface area contributed by atoms with Gasteiger partial charge in [0.25, 0.3) is 0 Å². The number of hydrogen-bond acceptors (Lipinski definition) is 3. The maximum Gasteiger partial charge on any atom is 0.181 e. The molecule has 1 aromatic carbocycles. The zero-order valence-electron chi connectivity index (χ0n) is 9.15. The molecule has 4 nitrogen and oxygen atoms in total. The van der Waals surface area contributed by atoms with Crippen molar-refractivity contribution in [3.05, 3.63) is 30.1 Å². The molecule has 0 aliphatic heterocycles. The SMILES string of the molecule is CNc1cccc(-c2nc(C)n(C)n2)c1. The summed E-state index contributed by atoms with van der Waals surface area (Å²) in [6.07, 6.45) is 0. The monoisotopic (exact) mass is 202 g/mol. The summed E-state index contributed by atoms with van der Waals surface area (Å²) in [5.74, 6) is 1.69. The fourth-order valence-electron chi connectivity index (χ4n) is 1.40. The van der Waals surface area contributed by atoms with E-state index in [-0.39, 0.29) is 0 Å². The highest BCUT2D eigenvalue weighted by atomic mass is 15.3. The fourth-order valence-corrected chi connectivity index (χ4v) is 1.40. The Bertz CT molecular complexity index is 454. The minimum absolute atomic E-state index is 0.770. The van der Waals surface area contributed by atoms with Gasteiger partial charge in [-0.15, -0.1) is 0 Å². The number of aromatic nitrogens is 3. The van der Waals surface area contributed by atoms with Crippen LogP contribution in [0.15, 0.2) is 24.3 Å².